The lowest BCUT2D eigenvalue weighted by molar-refractivity contribution is 0.0424. The molecule has 2 N–H and O–H groups in total. The average molecular weight is 229 g/mol. The number of hydrogen-bond donors (Lipinski definition) is 1. The maximum Gasteiger partial charge on any atom is 0.0864 e. The van der Waals surface area contributed by atoms with Crippen LogP contribution in [0.1, 0.15) is 36.5 Å². The first kappa shape index (κ1) is 11.0. The Morgan fingerprint density at radius 3 is 2.94 bits per heavy atom. The quantitative estimate of drug-likeness (QED) is 0.791. The van der Waals surface area contributed by atoms with Crippen LogP contribution in [-0.2, 0) is 11.2 Å². The third-order valence-corrected chi connectivity index (χ3v) is 3.79. The lowest BCUT2D eigenvalue weighted by Crippen LogP contribution is -2.16. The van der Waals surface area contributed by atoms with Crippen LogP contribution in [0.5, 0.6) is 0 Å². The summed E-state index contributed by atoms with van der Waals surface area (Å²) in [6.45, 7) is 0.848. The van der Waals surface area contributed by atoms with E-state index < -0.39 is 0 Å². The number of fused-ring (bicyclic) bond motifs is 1. The molecule has 0 bridgehead atoms. The fourth-order valence-corrected chi connectivity index (χ4v) is 2.88. The van der Waals surface area contributed by atoms with Crippen molar-refractivity contribution in [1.82, 2.24) is 0 Å². The second-order valence-electron chi connectivity index (χ2n) is 5.04. The molecule has 1 aromatic carbocycles. The highest BCUT2D eigenvalue weighted by atomic mass is 16.5. The molecule has 0 aromatic heterocycles. The summed E-state index contributed by atoms with van der Waals surface area (Å²) in [5.41, 5.74) is 10.2. The van der Waals surface area contributed by atoms with Crippen molar-refractivity contribution in [3.63, 3.8) is 0 Å². The molecule has 3 rings (SSSR count). The summed E-state index contributed by atoms with van der Waals surface area (Å²) in [5.74, 6) is 0. The highest BCUT2D eigenvalue weighted by Crippen LogP contribution is 2.34. The molecular formula is C15H19NO. The Balaban J connectivity index is 1.79. The Morgan fingerprint density at radius 2 is 2.12 bits per heavy atom. The van der Waals surface area contributed by atoms with Gasteiger partial charge in [-0.1, -0.05) is 35.9 Å². The van der Waals surface area contributed by atoms with E-state index in [2.05, 4.69) is 30.3 Å². The molecule has 2 aliphatic rings. The zero-order chi connectivity index (χ0) is 11.7. The molecular weight excluding hydrogens is 210 g/mol. The summed E-state index contributed by atoms with van der Waals surface area (Å²) < 4.78 is 5.92. The average Bonchev–Trinajstić information content (AvgIpc) is 2.75. The molecule has 0 fully saturated rings. The van der Waals surface area contributed by atoms with E-state index in [1.54, 1.807) is 0 Å². The minimum absolute atomic E-state index is 0.247. The molecule has 17 heavy (non-hydrogen) atoms. The third-order valence-electron chi connectivity index (χ3n) is 3.79. The van der Waals surface area contributed by atoms with Gasteiger partial charge in [-0.25, -0.2) is 0 Å². The molecule has 0 spiro atoms. The first-order valence-corrected chi connectivity index (χ1v) is 6.47. The molecule has 1 aromatic rings. The summed E-state index contributed by atoms with van der Waals surface area (Å²) in [7, 11) is 0. The fraction of sp³-hybridized carbons (Fsp3) is 0.467. The van der Waals surface area contributed by atoms with Gasteiger partial charge in [0.05, 0.1) is 12.7 Å². The Morgan fingerprint density at radius 1 is 1.24 bits per heavy atom. The van der Waals surface area contributed by atoms with Crippen molar-refractivity contribution in [2.24, 2.45) is 5.73 Å². The number of hydrogen-bond acceptors (Lipinski definition) is 2. The molecule has 2 atom stereocenters. The van der Waals surface area contributed by atoms with E-state index in [0.29, 0.717) is 0 Å². The molecule has 90 valence electrons. The lowest BCUT2D eigenvalue weighted by atomic mass is 9.93. The highest BCUT2D eigenvalue weighted by Gasteiger charge is 2.23. The van der Waals surface area contributed by atoms with E-state index in [-0.39, 0.29) is 12.1 Å². The van der Waals surface area contributed by atoms with Crippen molar-refractivity contribution < 1.29 is 4.74 Å². The molecule has 2 unspecified atom stereocenters. The Kier molecular flexibility index (Phi) is 3.00. The van der Waals surface area contributed by atoms with E-state index in [1.165, 1.54) is 16.7 Å². The minimum Gasteiger partial charge on any atom is -0.373 e. The van der Waals surface area contributed by atoms with Crippen molar-refractivity contribution in [3.05, 3.63) is 47.0 Å². The summed E-state index contributed by atoms with van der Waals surface area (Å²) >= 11 is 0. The topological polar surface area (TPSA) is 35.2 Å². The first-order valence-electron chi connectivity index (χ1n) is 6.47. The smallest absolute Gasteiger partial charge is 0.0864 e. The van der Waals surface area contributed by atoms with Gasteiger partial charge in [0.15, 0.2) is 0 Å². The molecule has 2 heteroatoms. The van der Waals surface area contributed by atoms with Crippen molar-refractivity contribution in [1.29, 1.82) is 0 Å². The standard InChI is InChI=1S/C15H19NO/c16-13-6-5-11(9-13)10-15-14-4-2-1-3-12(14)7-8-17-15/h1-4,9,13,15H,5-8,10,16H2. The molecule has 0 saturated heterocycles. The number of rotatable bonds is 2. The molecule has 0 amide bonds. The largest absolute Gasteiger partial charge is 0.373 e. The summed E-state index contributed by atoms with van der Waals surface area (Å²) in [4.78, 5) is 0. The van der Waals surface area contributed by atoms with Crippen LogP contribution in [0.15, 0.2) is 35.9 Å². The van der Waals surface area contributed by atoms with Crippen molar-refractivity contribution in [2.75, 3.05) is 6.61 Å². The number of ether oxygens (including phenoxy) is 1. The predicted octanol–water partition coefficient (Wildman–Crippen LogP) is 2.74. The zero-order valence-corrected chi connectivity index (χ0v) is 10.1. The maximum atomic E-state index is 5.92. The molecule has 0 radical (unpaired) electrons. The first-order chi connectivity index (χ1) is 8.33. The van der Waals surface area contributed by atoms with Gasteiger partial charge in [-0.15, -0.1) is 0 Å². The molecule has 0 saturated carbocycles. The van der Waals surface area contributed by atoms with E-state index in [4.69, 9.17) is 10.5 Å². The monoisotopic (exact) mass is 229 g/mol. The Hall–Kier alpha value is -1.12. The molecule has 1 heterocycles. The maximum absolute atomic E-state index is 5.92. The number of benzene rings is 1. The van der Waals surface area contributed by atoms with E-state index in [9.17, 15) is 0 Å². The third kappa shape index (κ3) is 2.28. The van der Waals surface area contributed by atoms with Crippen LogP contribution in [0.25, 0.3) is 0 Å². The van der Waals surface area contributed by atoms with Crippen molar-refractivity contribution in [3.8, 4) is 0 Å². The Labute approximate surface area is 102 Å². The van der Waals surface area contributed by atoms with Crippen LogP contribution >= 0.6 is 0 Å². The number of nitrogens with two attached hydrogens (primary N) is 1. The molecule has 1 aliphatic carbocycles. The van der Waals surface area contributed by atoms with Gasteiger partial charge >= 0.3 is 0 Å². The van der Waals surface area contributed by atoms with Gasteiger partial charge in [0.25, 0.3) is 0 Å². The van der Waals surface area contributed by atoms with E-state index in [0.717, 1.165) is 32.3 Å². The predicted molar refractivity (Wildman–Crippen MR) is 68.7 cm³/mol. The normalized spacial score (nSPS) is 27.7. The lowest BCUT2D eigenvalue weighted by Gasteiger charge is -2.26. The Bertz CT molecular complexity index is 438. The van der Waals surface area contributed by atoms with Gasteiger partial charge < -0.3 is 10.5 Å². The minimum atomic E-state index is 0.247. The van der Waals surface area contributed by atoms with Crippen LogP contribution in [0, 0.1) is 0 Å². The van der Waals surface area contributed by atoms with Gasteiger partial charge in [-0.3, -0.25) is 0 Å². The van der Waals surface area contributed by atoms with Crippen LogP contribution < -0.4 is 5.73 Å². The van der Waals surface area contributed by atoms with Gasteiger partial charge in [-0.05, 0) is 36.8 Å². The van der Waals surface area contributed by atoms with Gasteiger partial charge in [0.2, 0.25) is 0 Å². The summed E-state index contributed by atoms with van der Waals surface area (Å²) in [6, 6.07) is 8.92. The van der Waals surface area contributed by atoms with Gasteiger partial charge in [0.1, 0.15) is 0 Å². The molecule has 2 nitrogen and oxygen atoms in total. The van der Waals surface area contributed by atoms with Gasteiger partial charge in [0, 0.05) is 6.04 Å². The highest BCUT2D eigenvalue weighted by molar-refractivity contribution is 5.32. The van der Waals surface area contributed by atoms with Crippen LogP contribution in [0.4, 0.5) is 0 Å². The van der Waals surface area contributed by atoms with E-state index >= 15 is 0 Å². The van der Waals surface area contributed by atoms with Crippen molar-refractivity contribution in [2.45, 2.75) is 37.8 Å². The second-order valence-corrected chi connectivity index (χ2v) is 5.04. The fourth-order valence-electron chi connectivity index (χ4n) is 2.88. The SMILES string of the molecule is NC1C=C(CC2OCCc3ccccc32)CC1. The molecule has 1 aliphatic heterocycles. The summed E-state index contributed by atoms with van der Waals surface area (Å²) in [6.07, 6.45) is 6.78. The van der Waals surface area contributed by atoms with Crippen LogP contribution in [-0.4, -0.2) is 12.6 Å². The summed E-state index contributed by atoms with van der Waals surface area (Å²) in [5, 5.41) is 0. The van der Waals surface area contributed by atoms with Crippen LogP contribution in [0.2, 0.25) is 0 Å². The van der Waals surface area contributed by atoms with Gasteiger partial charge in [-0.2, -0.15) is 0 Å². The second kappa shape index (κ2) is 4.63. The van der Waals surface area contributed by atoms with Crippen LogP contribution in [0.3, 0.4) is 0 Å². The van der Waals surface area contributed by atoms with E-state index in [1.807, 2.05) is 0 Å². The van der Waals surface area contributed by atoms with Crippen molar-refractivity contribution >= 4 is 0 Å². The zero-order valence-electron chi connectivity index (χ0n) is 10.1.